The second-order valence-corrected chi connectivity index (χ2v) is 5.67. The van der Waals surface area contributed by atoms with Gasteiger partial charge in [0.05, 0.1) is 12.8 Å². The number of aromatic nitrogens is 1. The van der Waals surface area contributed by atoms with Crippen LogP contribution in [-0.4, -0.2) is 12.1 Å². The summed E-state index contributed by atoms with van der Waals surface area (Å²) in [5.74, 6) is 1.54. The molecule has 0 radical (unpaired) electrons. The Hall–Kier alpha value is -1.59. The number of pyridine rings is 1. The van der Waals surface area contributed by atoms with Crippen molar-refractivity contribution in [2.75, 3.05) is 7.11 Å². The average molecular weight is 335 g/mol. The molecule has 0 amide bonds. The van der Waals surface area contributed by atoms with Gasteiger partial charge in [-0.05, 0) is 34.1 Å². The van der Waals surface area contributed by atoms with Crippen LogP contribution in [0, 0.1) is 0 Å². The van der Waals surface area contributed by atoms with E-state index in [0.29, 0.717) is 6.42 Å². The zero-order valence-electron chi connectivity index (χ0n) is 11.0. The first-order valence-electron chi connectivity index (χ1n) is 6.39. The molecular weight excluding hydrogens is 320 g/mol. The first-order valence-corrected chi connectivity index (χ1v) is 7.18. The quantitative estimate of drug-likeness (QED) is 0.914. The number of nitrogens with two attached hydrogens (primary N) is 1. The Bertz CT molecular complexity index is 616. The number of hydrogen-bond donors (Lipinski definition) is 1. The number of halogens is 1. The molecule has 0 aliphatic carbocycles. The summed E-state index contributed by atoms with van der Waals surface area (Å²) in [6.07, 6.45) is 2.36. The van der Waals surface area contributed by atoms with Gasteiger partial charge >= 0.3 is 0 Å². The highest BCUT2D eigenvalue weighted by Crippen LogP contribution is 2.40. The molecular formula is C15H15BrN2O2. The fourth-order valence-corrected chi connectivity index (χ4v) is 2.60. The van der Waals surface area contributed by atoms with Gasteiger partial charge in [-0.3, -0.25) is 4.98 Å². The monoisotopic (exact) mass is 334 g/mol. The van der Waals surface area contributed by atoms with Crippen LogP contribution in [0.15, 0.2) is 41.0 Å². The molecule has 1 aromatic carbocycles. The predicted molar refractivity (Wildman–Crippen MR) is 79.8 cm³/mol. The van der Waals surface area contributed by atoms with Gasteiger partial charge in [0.15, 0.2) is 0 Å². The number of ether oxygens (including phenoxy) is 2. The van der Waals surface area contributed by atoms with E-state index in [1.807, 2.05) is 30.3 Å². The van der Waals surface area contributed by atoms with Crippen molar-refractivity contribution in [1.29, 1.82) is 0 Å². The highest BCUT2D eigenvalue weighted by molar-refractivity contribution is 9.10. The van der Waals surface area contributed by atoms with E-state index in [1.165, 1.54) is 0 Å². The zero-order chi connectivity index (χ0) is 14.1. The van der Waals surface area contributed by atoms with Crippen LogP contribution < -0.4 is 15.2 Å². The Kier molecular flexibility index (Phi) is 3.63. The maximum absolute atomic E-state index is 6.24. The number of hydrogen-bond acceptors (Lipinski definition) is 4. The van der Waals surface area contributed by atoms with Gasteiger partial charge in [0, 0.05) is 34.8 Å². The molecule has 1 aliphatic rings. The molecule has 2 heterocycles. The topological polar surface area (TPSA) is 57.4 Å². The molecule has 4 nitrogen and oxygen atoms in total. The number of benzene rings is 1. The standard InChI is InChI=1S/C15H15BrN2O2/c1-19-10-3-4-11-12(17)7-15(20-14(11)6-10)13-5-2-9(16)8-18-13/h2-6,8,12,15H,7,17H2,1H3/t12-,15?/m1/s1. The Morgan fingerprint density at radius 2 is 2.20 bits per heavy atom. The van der Waals surface area contributed by atoms with Crippen molar-refractivity contribution in [1.82, 2.24) is 4.98 Å². The lowest BCUT2D eigenvalue weighted by atomic mass is 9.95. The minimum atomic E-state index is -0.127. The van der Waals surface area contributed by atoms with Gasteiger partial charge in [0.1, 0.15) is 17.6 Å². The summed E-state index contributed by atoms with van der Waals surface area (Å²) in [6, 6.07) is 9.59. The maximum atomic E-state index is 6.24. The van der Waals surface area contributed by atoms with E-state index in [4.69, 9.17) is 15.2 Å². The predicted octanol–water partition coefficient (Wildman–Crippen LogP) is 3.38. The molecule has 0 saturated carbocycles. The molecule has 2 N–H and O–H groups in total. The smallest absolute Gasteiger partial charge is 0.142 e. The molecule has 104 valence electrons. The third-order valence-corrected chi connectivity index (χ3v) is 3.91. The summed E-state index contributed by atoms with van der Waals surface area (Å²) in [6.45, 7) is 0. The van der Waals surface area contributed by atoms with Gasteiger partial charge in [0.2, 0.25) is 0 Å². The van der Waals surface area contributed by atoms with Gasteiger partial charge in [-0.1, -0.05) is 6.07 Å². The zero-order valence-corrected chi connectivity index (χ0v) is 12.6. The Morgan fingerprint density at radius 1 is 1.35 bits per heavy atom. The molecule has 3 rings (SSSR count). The van der Waals surface area contributed by atoms with Crippen LogP contribution in [0.5, 0.6) is 11.5 Å². The summed E-state index contributed by atoms with van der Waals surface area (Å²) in [4.78, 5) is 4.39. The molecule has 2 aromatic rings. The maximum Gasteiger partial charge on any atom is 0.142 e. The van der Waals surface area contributed by atoms with Gasteiger partial charge in [-0.25, -0.2) is 0 Å². The van der Waals surface area contributed by atoms with Crippen LogP contribution in [-0.2, 0) is 0 Å². The Balaban J connectivity index is 1.92. The lowest BCUT2D eigenvalue weighted by molar-refractivity contribution is 0.156. The summed E-state index contributed by atoms with van der Waals surface area (Å²) in [5, 5.41) is 0. The lowest BCUT2D eigenvalue weighted by Crippen LogP contribution is -2.24. The van der Waals surface area contributed by atoms with E-state index in [1.54, 1.807) is 13.3 Å². The molecule has 2 atom stereocenters. The summed E-state index contributed by atoms with van der Waals surface area (Å²) in [5.41, 5.74) is 8.14. The average Bonchev–Trinajstić information content (AvgIpc) is 2.47. The third kappa shape index (κ3) is 2.51. The van der Waals surface area contributed by atoms with E-state index < -0.39 is 0 Å². The molecule has 0 bridgehead atoms. The molecule has 0 fully saturated rings. The Morgan fingerprint density at radius 3 is 2.90 bits per heavy atom. The molecule has 0 saturated heterocycles. The summed E-state index contributed by atoms with van der Waals surface area (Å²) in [7, 11) is 1.64. The first-order chi connectivity index (χ1) is 9.67. The second kappa shape index (κ2) is 5.42. The van der Waals surface area contributed by atoms with E-state index >= 15 is 0 Å². The van der Waals surface area contributed by atoms with E-state index in [9.17, 15) is 0 Å². The van der Waals surface area contributed by atoms with Crippen LogP contribution in [0.25, 0.3) is 0 Å². The SMILES string of the molecule is COc1ccc2c(c1)OC(c1ccc(Br)cn1)C[C@H]2N. The summed E-state index contributed by atoms with van der Waals surface area (Å²) >= 11 is 3.38. The van der Waals surface area contributed by atoms with Crippen LogP contribution in [0.2, 0.25) is 0 Å². The van der Waals surface area contributed by atoms with Gasteiger partial charge < -0.3 is 15.2 Å². The van der Waals surface area contributed by atoms with Gasteiger partial charge in [0.25, 0.3) is 0 Å². The molecule has 5 heteroatoms. The van der Waals surface area contributed by atoms with Crippen molar-refractivity contribution < 1.29 is 9.47 Å². The van der Waals surface area contributed by atoms with Crippen molar-refractivity contribution in [3.8, 4) is 11.5 Å². The molecule has 1 unspecified atom stereocenters. The number of fused-ring (bicyclic) bond motifs is 1. The van der Waals surface area contributed by atoms with Crippen molar-refractivity contribution >= 4 is 15.9 Å². The van der Waals surface area contributed by atoms with Crippen molar-refractivity contribution in [2.24, 2.45) is 5.73 Å². The molecule has 20 heavy (non-hydrogen) atoms. The lowest BCUT2D eigenvalue weighted by Gasteiger charge is -2.30. The minimum Gasteiger partial charge on any atom is -0.497 e. The van der Waals surface area contributed by atoms with E-state index in [2.05, 4.69) is 20.9 Å². The first kappa shape index (κ1) is 13.4. The van der Waals surface area contributed by atoms with E-state index in [-0.39, 0.29) is 12.1 Å². The van der Waals surface area contributed by atoms with Crippen LogP contribution >= 0.6 is 15.9 Å². The minimum absolute atomic E-state index is 0.0555. The highest BCUT2D eigenvalue weighted by atomic mass is 79.9. The molecule has 1 aromatic heterocycles. The highest BCUT2D eigenvalue weighted by Gasteiger charge is 2.28. The van der Waals surface area contributed by atoms with Crippen LogP contribution in [0.3, 0.4) is 0 Å². The van der Waals surface area contributed by atoms with E-state index in [0.717, 1.165) is 27.2 Å². The van der Waals surface area contributed by atoms with Gasteiger partial charge in [-0.15, -0.1) is 0 Å². The Labute approximate surface area is 126 Å². The number of rotatable bonds is 2. The largest absolute Gasteiger partial charge is 0.497 e. The normalized spacial score (nSPS) is 20.9. The molecule has 1 aliphatic heterocycles. The fourth-order valence-electron chi connectivity index (χ4n) is 2.37. The van der Waals surface area contributed by atoms with Crippen LogP contribution in [0.1, 0.15) is 29.8 Å². The number of nitrogens with zero attached hydrogens (tertiary/aromatic N) is 1. The molecule has 0 spiro atoms. The van der Waals surface area contributed by atoms with Gasteiger partial charge in [-0.2, -0.15) is 0 Å². The summed E-state index contributed by atoms with van der Waals surface area (Å²) < 4.78 is 12.2. The van der Waals surface area contributed by atoms with Crippen LogP contribution in [0.4, 0.5) is 0 Å². The fraction of sp³-hybridized carbons (Fsp3) is 0.267. The number of methoxy groups -OCH3 is 1. The third-order valence-electron chi connectivity index (χ3n) is 3.44. The second-order valence-electron chi connectivity index (χ2n) is 4.75. The van der Waals surface area contributed by atoms with Crippen molar-refractivity contribution in [3.63, 3.8) is 0 Å². The van der Waals surface area contributed by atoms with Crippen molar-refractivity contribution in [3.05, 3.63) is 52.3 Å². The van der Waals surface area contributed by atoms with Crippen molar-refractivity contribution in [2.45, 2.75) is 18.6 Å².